The first-order valence-corrected chi connectivity index (χ1v) is 7.42. The summed E-state index contributed by atoms with van der Waals surface area (Å²) in [5.41, 5.74) is 4.50. The average molecular weight is 280 g/mol. The Balaban J connectivity index is 2.21. The first kappa shape index (κ1) is 15.4. The fourth-order valence-electron chi connectivity index (χ4n) is 3.31. The number of halogens is 1. The number of rotatable bonds is 5. The van der Waals surface area contributed by atoms with Gasteiger partial charge < -0.3 is 4.74 Å². The molecule has 1 aliphatic rings. The molecule has 2 unspecified atom stereocenters. The van der Waals surface area contributed by atoms with E-state index in [-0.39, 0.29) is 18.0 Å². The van der Waals surface area contributed by atoms with Crippen LogP contribution in [-0.4, -0.2) is 13.2 Å². The summed E-state index contributed by atoms with van der Waals surface area (Å²) in [7, 11) is 1.74. The predicted molar refractivity (Wildman–Crippen MR) is 78.6 cm³/mol. The van der Waals surface area contributed by atoms with Crippen LogP contribution in [0.2, 0.25) is 0 Å². The van der Waals surface area contributed by atoms with Gasteiger partial charge in [-0.15, -0.1) is 0 Å². The van der Waals surface area contributed by atoms with E-state index in [1.54, 1.807) is 20.1 Å². The van der Waals surface area contributed by atoms with Gasteiger partial charge in [-0.25, -0.2) is 4.39 Å². The summed E-state index contributed by atoms with van der Waals surface area (Å²) < 4.78 is 19.2. The van der Waals surface area contributed by atoms with Crippen molar-refractivity contribution in [3.63, 3.8) is 0 Å². The molecule has 1 aromatic rings. The Labute approximate surface area is 120 Å². The van der Waals surface area contributed by atoms with Gasteiger partial charge in [-0.1, -0.05) is 31.4 Å². The van der Waals surface area contributed by atoms with Crippen molar-refractivity contribution in [2.24, 2.45) is 11.8 Å². The van der Waals surface area contributed by atoms with Gasteiger partial charge in [0.2, 0.25) is 0 Å². The van der Waals surface area contributed by atoms with Gasteiger partial charge in [0.15, 0.2) is 0 Å². The molecule has 1 saturated carbocycles. The van der Waals surface area contributed by atoms with Gasteiger partial charge in [0.25, 0.3) is 0 Å². The summed E-state index contributed by atoms with van der Waals surface area (Å²) in [6, 6.07) is 5.06. The molecule has 1 aliphatic carbocycles. The summed E-state index contributed by atoms with van der Waals surface area (Å²) in [5.74, 6) is 6.08. The molecule has 0 heterocycles. The molecule has 0 bridgehead atoms. The molecule has 2 atom stereocenters. The number of nitrogens with one attached hydrogen (secondary N) is 1. The largest absolute Gasteiger partial charge is 0.379 e. The molecule has 4 heteroatoms. The van der Waals surface area contributed by atoms with Crippen LogP contribution in [-0.2, 0) is 4.74 Å². The smallest absolute Gasteiger partial charge is 0.126 e. The minimum Gasteiger partial charge on any atom is -0.379 e. The monoisotopic (exact) mass is 280 g/mol. The molecule has 3 N–H and O–H groups in total. The van der Waals surface area contributed by atoms with Crippen LogP contribution in [0.4, 0.5) is 4.39 Å². The maximum absolute atomic E-state index is 13.4. The minimum absolute atomic E-state index is 0.0326. The van der Waals surface area contributed by atoms with Crippen LogP contribution in [0.25, 0.3) is 0 Å². The Morgan fingerprint density at radius 1 is 1.30 bits per heavy atom. The molecule has 112 valence electrons. The normalized spacial score (nSPS) is 19.8. The van der Waals surface area contributed by atoms with Crippen LogP contribution >= 0.6 is 0 Å². The van der Waals surface area contributed by atoms with Crippen LogP contribution in [0, 0.1) is 18.7 Å². The summed E-state index contributed by atoms with van der Waals surface area (Å²) in [6.07, 6.45) is 6.20. The predicted octanol–water partition coefficient (Wildman–Crippen LogP) is 3.23. The molecule has 1 fully saturated rings. The highest BCUT2D eigenvalue weighted by Gasteiger charge is 2.31. The summed E-state index contributed by atoms with van der Waals surface area (Å²) in [6.45, 7) is 1.77. The molecule has 3 nitrogen and oxygen atoms in total. The number of methoxy groups -OCH3 is 1. The third-order valence-corrected chi connectivity index (χ3v) is 4.44. The second-order valence-electron chi connectivity index (χ2n) is 5.75. The topological polar surface area (TPSA) is 47.3 Å². The highest BCUT2D eigenvalue weighted by Crippen LogP contribution is 2.34. The molecular formula is C16H25FN2O. The molecule has 0 saturated heterocycles. The van der Waals surface area contributed by atoms with Crippen molar-refractivity contribution in [3.05, 3.63) is 35.1 Å². The van der Waals surface area contributed by atoms with E-state index in [9.17, 15) is 4.39 Å². The molecule has 1 aromatic carbocycles. The third kappa shape index (κ3) is 3.37. The summed E-state index contributed by atoms with van der Waals surface area (Å²) >= 11 is 0. The van der Waals surface area contributed by atoms with E-state index in [0.29, 0.717) is 11.5 Å². The Hall–Kier alpha value is -0.970. The lowest BCUT2D eigenvalue weighted by atomic mass is 9.81. The van der Waals surface area contributed by atoms with Gasteiger partial charge in [0.1, 0.15) is 5.82 Å². The van der Waals surface area contributed by atoms with Crippen LogP contribution < -0.4 is 11.3 Å². The van der Waals surface area contributed by atoms with E-state index >= 15 is 0 Å². The highest BCUT2D eigenvalue weighted by atomic mass is 19.1. The van der Waals surface area contributed by atoms with Crippen molar-refractivity contribution < 1.29 is 9.13 Å². The summed E-state index contributed by atoms with van der Waals surface area (Å²) in [4.78, 5) is 0. The number of ether oxygens (including phenoxy) is 1. The zero-order valence-corrected chi connectivity index (χ0v) is 12.4. The fourth-order valence-corrected chi connectivity index (χ4v) is 3.31. The average Bonchev–Trinajstić information content (AvgIpc) is 2.48. The molecular weight excluding hydrogens is 255 g/mol. The number of hydrogen-bond donors (Lipinski definition) is 2. The van der Waals surface area contributed by atoms with Crippen molar-refractivity contribution in [2.45, 2.75) is 51.2 Å². The summed E-state index contributed by atoms with van der Waals surface area (Å²) in [5, 5.41) is 0. The second kappa shape index (κ2) is 7.16. The van der Waals surface area contributed by atoms with E-state index in [2.05, 4.69) is 5.43 Å². The molecule has 0 aliphatic heterocycles. The Morgan fingerprint density at radius 3 is 2.55 bits per heavy atom. The van der Waals surface area contributed by atoms with Crippen LogP contribution in [0.1, 0.15) is 49.3 Å². The Kier molecular flexibility index (Phi) is 5.52. The Morgan fingerprint density at radius 2 is 2.00 bits per heavy atom. The van der Waals surface area contributed by atoms with E-state index in [1.165, 1.54) is 38.2 Å². The van der Waals surface area contributed by atoms with Crippen molar-refractivity contribution in [1.29, 1.82) is 0 Å². The van der Waals surface area contributed by atoms with Gasteiger partial charge in [0.05, 0.1) is 12.1 Å². The zero-order valence-electron chi connectivity index (χ0n) is 12.4. The number of nitrogens with two attached hydrogens (primary N) is 1. The second-order valence-corrected chi connectivity index (χ2v) is 5.75. The number of benzene rings is 1. The van der Waals surface area contributed by atoms with E-state index < -0.39 is 0 Å². The standard InChI is InChI=1S/C16H25FN2O/c1-11-10-13(8-9-14(11)17)15(19-18)16(20-2)12-6-4-3-5-7-12/h8-10,12,15-16,19H,3-7,18H2,1-2H3. The van der Waals surface area contributed by atoms with Gasteiger partial charge in [-0.05, 0) is 42.9 Å². The molecule has 0 aromatic heterocycles. The van der Waals surface area contributed by atoms with Crippen LogP contribution in [0.15, 0.2) is 18.2 Å². The van der Waals surface area contributed by atoms with E-state index in [0.717, 1.165) is 5.56 Å². The maximum Gasteiger partial charge on any atom is 0.126 e. The third-order valence-electron chi connectivity index (χ3n) is 4.44. The lowest BCUT2D eigenvalue weighted by Crippen LogP contribution is -2.42. The van der Waals surface area contributed by atoms with E-state index in [1.807, 2.05) is 6.07 Å². The van der Waals surface area contributed by atoms with Crippen molar-refractivity contribution >= 4 is 0 Å². The molecule has 2 rings (SSSR count). The number of hydrazine groups is 1. The lowest BCUT2D eigenvalue weighted by Gasteiger charge is -2.35. The van der Waals surface area contributed by atoms with Gasteiger partial charge in [-0.2, -0.15) is 0 Å². The van der Waals surface area contributed by atoms with Crippen molar-refractivity contribution in [1.82, 2.24) is 5.43 Å². The lowest BCUT2D eigenvalue weighted by molar-refractivity contribution is 0.00747. The van der Waals surface area contributed by atoms with Crippen molar-refractivity contribution in [3.8, 4) is 0 Å². The first-order chi connectivity index (χ1) is 9.67. The Bertz CT molecular complexity index is 432. The number of aryl methyl sites for hydroxylation is 1. The van der Waals surface area contributed by atoms with Crippen LogP contribution in [0.5, 0.6) is 0 Å². The first-order valence-electron chi connectivity index (χ1n) is 7.42. The highest BCUT2D eigenvalue weighted by molar-refractivity contribution is 5.27. The van der Waals surface area contributed by atoms with Gasteiger partial charge in [-0.3, -0.25) is 11.3 Å². The van der Waals surface area contributed by atoms with Gasteiger partial charge >= 0.3 is 0 Å². The molecule has 0 amide bonds. The zero-order chi connectivity index (χ0) is 14.5. The quantitative estimate of drug-likeness (QED) is 0.643. The molecule has 0 radical (unpaired) electrons. The number of hydrogen-bond acceptors (Lipinski definition) is 3. The van der Waals surface area contributed by atoms with Crippen molar-refractivity contribution in [2.75, 3.05) is 7.11 Å². The molecule has 20 heavy (non-hydrogen) atoms. The maximum atomic E-state index is 13.4. The SMILES string of the molecule is COC(C1CCCCC1)C(NN)c1ccc(F)c(C)c1. The van der Waals surface area contributed by atoms with Crippen LogP contribution in [0.3, 0.4) is 0 Å². The fraction of sp³-hybridized carbons (Fsp3) is 0.625. The van der Waals surface area contributed by atoms with Gasteiger partial charge in [0, 0.05) is 7.11 Å². The molecule has 0 spiro atoms. The van der Waals surface area contributed by atoms with E-state index in [4.69, 9.17) is 10.6 Å². The minimum atomic E-state index is -0.184.